The van der Waals surface area contributed by atoms with Crippen molar-refractivity contribution in [3.63, 3.8) is 0 Å². The fourth-order valence-electron chi connectivity index (χ4n) is 2.52. The first kappa shape index (κ1) is 17.0. The molecule has 0 spiro atoms. The first-order valence-corrected chi connectivity index (χ1v) is 8.96. The van der Waals surface area contributed by atoms with Gasteiger partial charge in [-0.2, -0.15) is 0 Å². The Balaban J connectivity index is 1.59. The fourth-order valence-corrected chi connectivity index (χ4v) is 3.33. The van der Waals surface area contributed by atoms with Gasteiger partial charge in [0.25, 0.3) is 5.91 Å². The lowest BCUT2D eigenvalue weighted by Gasteiger charge is -2.04. The third kappa shape index (κ3) is 3.44. The largest absolute Gasteiger partial charge is 0.296 e. The van der Waals surface area contributed by atoms with Crippen molar-refractivity contribution in [2.75, 3.05) is 5.32 Å². The topological polar surface area (TPSA) is 98.5 Å². The second-order valence-electron chi connectivity index (χ2n) is 5.84. The van der Waals surface area contributed by atoms with Crippen molar-refractivity contribution in [1.82, 2.24) is 29.9 Å². The highest BCUT2D eigenvalue weighted by Gasteiger charge is 2.18. The number of amides is 1. The minimum absolute atomic E-state index is 0.297. The lowest BCUT2D eigenvalue weighted by atomic mass is 10.2. The SMILES string of the molecule is Cc1ccc(-c2nc(NC(=O)c3cnnn3-c3cccnc3)sc2C)nc1. The summed E-state index contributed by atoms with van der Waals surface area (Å²) in [6.45, 7) is 3.93. The number of nitrogens with one attached hydrogen (secondary N) is 1. The van der Waals surface area contributed by atoms with E-state index < -0.39 is 0 Å². The van der Waals surface area contributed by atoms with Crippen LogP contribution in [0.5, 0.6) is 0 Å². The smallest absolute Gasteiger partial charge is 0.277 e. The number of thiazole rings is 1. The lowest BCUT2D eigenvalue weighted by molar-refractivity contribution is 0.101. The van der Waals surface area contributed by atoms with Crippen LogP contribution in [0.2, 0.25) is 0 Å². The Hall–Kier alpha value is -3.46. The van der Waals surface area contributed by atoms with Gasteiger partial charge in [-0.25, -0.2) is 9.67 Å². The van der Waals surface area contributed by atoms with E-state index in [4.69, 9.17) is 0 Å². The van der Waals surface area contributed by atoms with Crippen LogP contribution >= 0.6 is 11.3 Å². The highest BCUT2D eigenvalue weighted by Crippen LogP contribution is 2.29. The molecule has 8 nitrogen and oxygen atoms in total. The van der Waals surface area contributed by atoms with Crippen LogP contribution in [0, 0.1) is 13.8 Å². The number of aryl methyl sites for hydroxylation is 2. The summed E-state index contributed by atoms with van der Waals surface area (Å²) in [5.74, 6) is -0.346. The van der Waals surface area contributed by atoms with Gasteiger partial charge in [-0.05, 0) is 37.6 Å². The van der Waals surface area contributed by atoms with E-state index in [-0.39, 0.29) is 5.91 Å². The van der Waals surface area contributed by atoms with Gasteiger partial charge in [0, 0.05) is 17.3 Å². The zero-order valence-electron chi connectivity index (χ0n) is 14.6. The molecule has 0 saturated heterocycles. The number of rotatable bonds is 4. The van der Waals surface area contributed by atoms with Crippen molar-refractivity contribution in [1.29, 1.82) is 0 Å². The lowest BCUT2D eigenvalue weighted by Crippen LogP contribution is -2.17. The molecule has 0 aliphatic carbocycles. The molecule has 1 amide bonds. The van der Waals surface area contributed by atoms with Crippen LogP contribution in [0.4, 0.5) is 5.13 Å². The molecule has 0 saturated carbocycles. The van der Waals surface area contributed by atoms with Crippen molar-refractivity contribution in [3.8, 4) is 17.1 Å². The Morgan fingerprint density at radius 2 is 2.04 bits per heavy atom. The third-order valence-corrected chi connectivity index (χ3v) is 4.73. The summed E-state index contributed by atoms with van der Waals surface area (Å²) in [6, 6.07) is 7.47. The van der Waals surface area contributed by atoms with Crippen molar-refractivity contribution in [3.05, 3.63) is 65.2 Å². The number of pyridine rings is 2. The van der Waals surface area contributed by atoms with Crippen LogP contribution in [-0.4, -0.2) is 35.9 Å². The molecule has 27 heavy (non-hydrogen) atoms. The number of aromatic nitrogens is 6. The third-order valence-electron chi connectivity index (χ3n) is 3.84. The Bertz CT molecular complexity index is 1090. The molecule has 0 aliphatic rings. The molecule has 4 rings (SSSR count). The second-order valence-corrected chi connectivity index (χ2v) is 7.04. The number of nitrogens with zero attached hydrogens (tertiary/aromatic N) is 6. The van der Waals surface area contributed by atoms with E-state index >= 15 is 0 Å². The summed E-state index contributed by atoms with van der Waals surface area (Å²) < 4.78 is 1.44. The monoisotopic (exact) mass is 377 g/mol. The quantitative estimate of drug-likeness (QED) is 0.587. The van der Waals surface area contributed by atoms with E-state index in [0.717, 1.165) is 21.8 Å². The Morgan fingerprint density at radius 1 is 1.15 bits per heavy atom. The number of carbonyl (C=O) groups is 1. The van der Waals surface area contributed by atoms with Crippen LogP contribution in [-0.2, 0) is 0 Å². The summed E-state index contributed by atoms with van der Waals surface area (Å²) in [5, 5.41) is 11.1. The Labute approximate surface area is 159 Å². The highest BCUT2D eigenvalue weighted by molar-refractivity contribution is 7.16. The average molecular weight is 377 g/mol. The summed E-state index contributed by atoms with van der Waals surface area (Å²) in [6.07, 6.45) is 6.47. The molecule has 0 fully saturated rings. The van der Waals surface area contributed by atoms with Gasteiger partial charge in [0.2, 0.25) is 0 Å². The average Bonchev–Trinajstić information content (AvgIpc) is 3.30. The van der Waals surface area contributed by atoms with E-state index in [9.17, 15) is 4.79 Å². The van der Waals surface area contributed by atoms with Crippen LogP contribution < -0.4 is 5.32 Å². The standard InChI is InChI=1S/C18H15N7OS/c1-11-5-6-14(20-8-11)16-12(2)27-18(22-16)23-17(26)15-10-21-24-25(15)13-4-3-7-19-9-13/h3-10H,1-2H3,(H,22,23,26). The summed E-state index contributed by atoms with van der Waals surface area (Å²) in [5.41, 5.74) is 3.56. The number of carbonyl (C=O) groups excluding carboxylic acids is 1. The molecule has 134 valence electrons. The van der Waals surface area contributed by atoms with E-state index in [2.05, 4.69) is 30.6 Å². The van der Waals surface area contributed by atoms with Gasteiger partial charge in [0.15, 0.2) is 10.8 Å². The first-order valence-electron chi connectivity index (χ1n) is 8.15. The molecule has 9 heteroatoms. The van der Waals surface area contributed by atoms with Crippen LogP contribution in [0.25, 0.3) is 17.1 Å². The molecule has 0 atom stereocenters. The van der Waals surface area contributed by atoms with Gasteiger partial charge in [0.1, 0.15) is 5.69 Å². The molecule has 4 aromatic rings. The molecular weight excluding hydrogens is 362 g/mol. The summed E-state index contributed by atoms with van der Waals surface area (Å²) >= 11 is 1.40. The molecule has 0 unspecified atom stereocenters. The van der Waals surface area contributed by atoms with Gasteiger partial charge >= 0.3 is 0 Å². The van der Waals surface area contributed by atoms with Crippen LogP contribution in [0.1, 0.15) is 20.9 Å². The maximum absolute atomic E-state index is 12.7. The molecule has 0 aliphatic heterocycles. The molecule has 0 aromatic carbocycles. The van der Waals surface area contributed by atoms with Gasteiger partial charge in [-0.15, -0.1) is 16.4 Å². The molecule has 0 radical (unpaired) electrons. The number of hydrogen-bond acceptors (Lipinski definition) is 7. The minimum Gasteiger partial charge on any atom is -0.296 e. The number of anilines is 1. The predicted octanol–water partition coefficient (Wildman–Crippen LogP) is 3.05. The van der Waals surface area contributed by atoms with Gasteiger partial charge in [-0.3, -0.25) is 20.1 Å². The summed E-state index contributed by atoms with van der Waals surface area (Å²) in [4.78, 5) is 26.6. The van der Waals surface area contributed by atoms with E-state index in [1.165, 1.54) is 22.2 Å². The van der Waals surface area contributed by atoms with Crippen LogP contribution in [0.15, 0.2) is 49.1 Å². The maximum Gasteiger partial charge on any atom is 0.277 e. The Morgan fingerprint density at radius 3 is 2.78 bits per heavy atom. The number of hydrogen-bond donors (Lipinski definition) is 1. The molecule has 4 heterocycles. The fraction of sp³-hybridized carbons (Fsp3) is 0.111. The molecular formula is C18H15N7OS. The summed E-state index contributed by atoms with van der Waals surface area (Å²) in [7, 11) is 0. The van der Waals surface area contributed by atoms with Crippen molar-refractivity contribution in [2.45, 2.75) is 13.8 Å². The maximum atomic E-state index is 12.7. The predicted molar refractivity (Wildman–Crippen MR) is 102 cm³/mol. The highest BCUT2D eigenvalue weighted by atomic mass is 32.1. The Kier molecular flexibility index (Phi) is 4.43. The molecule has 1 N–H and O–H groups in total. The van der Waals surface area contributed by atoms with E-state index in [1.54, 1.807) is 30.7 Å². The molecule has 0 bridgehead atoms. The minimum atomic E-state index is -0.346. The normalized spacial score (nSPS) is 10.7. The zero-order chi connectivity index (χ0) is 18.8. The zero-order valence-corrected chi connectivity index (χ0v) is 15.4. The van der Waals surface area contributed by atoms with Gasteiger partial charge in [-0.1, -0.05) is 11.3 Å². The van der Waals surface area contributed by atoms with Crippen molar-refractivity contribution < 1.29 is 4.79 Å². The van der Waals surface area contributed by atoms with Crippen molar-refractivity contribution in [2.24, 2.45) is 0 Å². The first-order chi connectivity index (χ1) is 13.1. The van der Waals surface area contributed by atoms with Gasteiger partial charge < -0.3 is 0 Å². The van der Waals surface area contributed by atoms with E-state index in [1.807, 2.05) is 26.0 Å². The van der Waals surface area contributed by atoms with Gasteiger partial charge in [0.05, 0.1) is 23.8 Å². The van der Waals surface area contributed by atoms with Crippen molar-refractivity contribution >= 4 is 22.4 Å². The van der Waals surface area contributed by atoms with E-state index in [0.29, 0.717) is 16.5 Å². The second kappa shape index (κ2) is 7.04. The molecule has 4 aromatic heterocycles. The van der Waals surface area contributed by atoms with Crippen LogP contribution in [0.3, 0.4) is 0 Å².